The predicted molar refractivity (Wildman–Crippen MR) is 75.9 cm³/mol. The SMILES string of the molecule is CC(C)(C)OC(=O)NC1CCCc2cc(N)ccc21. The number of nitrogen functional groups attached to an aromatic ring is 1. The molecule has 1 unspecified atom stereocenters. The lowest BCUT2D eigenvalue weighted by Gasteiger charge is -2.28. The molecule has 3 N–H and O–H groups in total. The van der Waals surface area contributed by atoms with Crippen LogP contribution in [0.15, 0.2) is 18.2 Å². The molecule has 0 spiro atoms. The summed E-state index contributed by atoms with van der Waals surface area (Å²) in [7, 11) is 0. The number of nitrogens with two attached hydrogens (primary N) is 1. The predicted octanol–water partition coefficient (Wildman–Crippen LogP) is 3.17. The van der Waals surface area contributed by atoms with Gasteiger partial charge in [-0.25, -0.2) is 4.79 Å². The van der Waals surface area contributed by atoms with Gasteiger partial charge in [0.1, 0.15) is 5.60 Å². The van der Waals surface area contributed by atoms with Gasteiger partial charge in [-0.15, -0.1) is 0 Å². The number of amides is 1. The summed E-state index contributed by atoms with van der Waals surface area (Å²) in [5.41, 5.74) is 8.49. The smallest absolute Gasteiger partial charge is 0.408 e. The Hall–Kier alpha value is -1.71. The maximum Gasteiger partial charge on any atom is 0.408 e. The van der Waals surface area contributed by atoms with Gasteiger partial charge in [-0.1, -0.05) is 6.07 Å². The van der Waals surface area contributed by atoms with E-state index in [0.717, 1.165) is 30.5 Å². The molecule has 1 aliphatic rings. The van der Waals surface area contributed by atoms with Crippen molar-refractivity contribution in [2.75, 3.05) is 5.73 Å². The molecule has 1 amide bonds. The first-order chi connectivity index (χ1) is 8.85. The fourth-order valence-electron chi connectivity index (χ4n) is 2.43. The van der Waals surface area contributed by atoms with Crippen molar-refractivity contribution in [3.63, 3.8) is 0 Å². The second-order valence-corrected chi connectivity index (χ2v) is 6.05. The number of rotatable bonds is 1. The number of anilines is 1. The fourth-order valence-corrected chi connectivity index (χ4v) is 2.43. The fraction of sp³-hybridized carbons (Fsp3) is 0.533. The Morgan fingerprint density at radius 3 is 2.84 bits per heavy atom. The van der Waals surface area contributed by atoms with Crippen molar-refractivity contribution in [2.24, 2.45) is 0 Å². The Kier molecular flexibility index (Phi) is 3.69. The lowest BCUT2D eigenvalue weighted by atomic mass is 9.87. The summed E-state index contributed by atoms with van der Waals surface area (Å²) in [6, 6.07) is 5.91. The zero-order valence-electron chi connectivity index (χ0n) is 11.8. The summed E-state index contributed by atoms with van der Waals surface area (Å²) in [6.45, 7) is 5.59. The molecule has 0 bridgehead atoms. The summed E-state index contributed by atoms with van der Waals surface area (Å²) >= 11 is 0. The largest absolute Gasteiger partial charge is 0.444 e. The molecule has 0 aromatic heterocycles. The number of carbonyl (C=O) groups is 1. The van der Waals surface area contributed by atoms with Crippen LogP contribution in [0.25, 0.3) is 0 Å². The van der Waals surface area contributed by atoms with Crippen LogP contribution in [-0.4, -0.2) is 11.7 Å². The van der Waals surface area contributed by atoms with Crippen LogP contribution >= 0.6 is 0 Å². The highest BCUT2D eigenvalue weighted by molar-refractivity contribution is 5.68. The van der Waals surface area contributed by atoms with Crippen molar-refractivity contribution in [3.8, 4) is 0 Å². The summed E-state index contributed by atoms with van der Waals surface area (Å²) < 4.78 is 5.30. The van der Waals surface area contributed by atoms with Gasteiger partial charge < -0.3 is 15.8 Å². The van der Waals surface area contributed by atoms with Crippen LogP contribution in [0.5, 0.6) is 0 Å². The molecule has 0 aliphatic heterocycles. The van der Waals surface area contributed by atoms with Gasteiger partial charge in [-0.05, 0) is 63.3 Å². The third-order valence-corrected chi connectivity index (χ3v) is 3.17. The number of fused-ring (bicyclic) bond motifs is 1. The minimum Gasteiger partial charge on any atom is -0.444 e. The van der Waals surface area contributed by atoms with Crippen molar-refractivity contribution >= 4 is 11.8 Å². The molecule has 0 fully saturated rings. The first-order valence-electron chi connectivity index (χ1n) is 6.73. The van der Waals surface area contributed by atoms with E-state index in [1.807, 2.05) is 39.0 Å². The van der Waals surface area contributed by atoms with Crippen LogP contribution in [-0.2, 0) is 11.2 Å². The molecular weight excluding hydrogens is 240 g/mol. The molecule has 0 saturated carbocycles. The maximum atomic E-state index is 11.8. The third-order valence-electron chi connectivity index (χ3n) is 3.17. The molecule has 2 rings (SSSR count). The maximum absolute atomic E-state index is 11.8. The van der Waals surface area contributed by atoms with Crippen LogP contribution < -0.4 is 11.1 Å². The minimum atomic E-state index is -0.470. The standard InChI is InChI=1S/C15H22N2O2/c1-15(2,3)19-14(18)17-13-6-4-5-10-9-11(16)7-8-12(10)13/h7-9,13H,4-6,16H2,1-3H3,(H,17,18). The zero-order chi connectivity index (χ0) is 14.0. The number of hydrogen-bond donors (Lipinski definition) is 2. The molecule has 1 aliphatic carbocycles. The van der Waals surface area contributed by atoms with E-state index in [9.17, 15) is 4.79 Å². The Labute approximate surface area is 114 Å². The van der Waals surface area contributed by atoms with Crippen LogP contribution in [0, 0.1) is 0 Å². The minimum absolute atomic E-state index is 0.0270. The molecule has 19 heavy (non-hydrogen) atoms. The summed E-state index contributed by atoms with van der Waals surface area (Å²) in [5, 5.41) is 2.95. The number of benzene rings is 1. The first kappa shape index (κ1) is 13.7. The normalized spacial score (nSPS) is 18.6. The molecule has 0 saturated heterocycles. The molecule has 0 heterocycles. The van der Waals surface area contributed by atoms with Crippen LogP contribution in [0.1, 0.15) is 50.8 Å². The molecular formula is C15H22N2O2. The Bertz CT molecular complexity index is 478. The van der Waals surface area contributed by atoms with E-state index in [1.165, 1.54) is 5.56 Å². The molecule has 4 nitrogen and oxygen atoms in total. The Morgan fingerprint density at radius 2 is 2.16 bits per heavy atom. The Morgan fingerprint density at radius 1 is 1.42 bits per heavy atom. The van der Waals surface area contributed by atoms with E-state index in [-0.39, 0.29) is 12.1 Å². The van der Waals surface area contributed by atoms with Gasteiger partial charge in [0.25, 0.3) is 0 Å². The van der Waals surface area contributed by atoms with Gasteiger partial charge in [-0.2, -0.15) is 0 Å². The highest BCUT2D eigenvalue weighted by Crippen LogP contribution is 2.31. The second-order valence-electron chi connectivity index (χ2n) is 6.05. The van der Waals surface area contributed by atoms with Gasteiger partial charge in [0.15, 0.2) is 0 Å². The molecule has 0 radical (unpaired) electrons. The van der Waals surface area contributed by atoms with E-state index in [2.05, 4.69) is 5.32 Å². The highest BCUT2D eigenvalue weighted by Gasteiger charge is 2.24. The van der Waals surface area contributed by atoms with Crippen molar-refractivity contribution < 1.29 is 9.53 Å². The van der Waals surface area contributed by atoms with Crippen molar-refractivity contribution in [1.82, 2.24) is 5.32 Å². The van der Waals surface area contributed by atoms with Crippen LogP contribution in [0.4, 0.5) is 10.5 Å². The average Bonchev–Trinajstić information content (AvgIpc) is 2.26. The van der Waals surface area contributed by atoms with E-state index in [0.29, 0.717) is 0 Å². The van der Waals surface area contributed by atoms with Crippen LogP contribution in [0.3, 0.4) is 0 Å². The first-order valence-corrected chi connectivity index (χ1v) is 6.73. The third kappa shape index (κ3) is 3.63. The van der Waals surface area contributed by atoms with E-state index in [4.69, 9.17) is 10.5 Å². The molecule has 1 atom stereocenters. The van der Waals surface area contributed by atoms with Gasteiger partial charge in [-0.3, -0.25) is 0 Å². The van der Waals surface area contributed by atoms with Crippen molar-refractivity contribution in [2.45, 2.75) is 51.7 Å². The lowest BCUT2D eigenvalue weighted by molar-refractivity contribution is 0.0499. The Balaban J connectivity index is 2.09. The zero-order valence-corrected chi connectivity index (χ0v) is 11.8. The molecule has 1 aromatic rings. The quantitative estimate of drug-likeness (QED) is 0.764. The van der Waals surface area contributed by atoms with Crippen LogP contribution in [0.2, 0.25) is 0 Å². The second kappa shape index (κ2) is 5.11. The number of aryl methyl sites for hydroxylation is 1. The number of hydrogen-bond acceptors (Lipinski definition) is 3. The monoisotopic (exact) mass is 262 g/mol. The average molecular weight is 262 g/mol. The molecule has 4 heteroatoms. The molecule has 1 aromatic carbocycles. The molecule has 104 valence electrons. The number of alkyl carbamates (subject to hydrolysis) is 1. The van der Waals surface area contributed by atoms with Crippen molar-refractivity contribution in [1.29, 1.82) is 0 Å². The topological polar surface area (TPSA) is 64.3 Å². The summed E-state index contributed by atoms with van der Waals surface area (Å²) in [6.07, 6.45) is 2.65. The number of nitrogens with one attached hydrogen (secondary N) is 1. The van der Waals surface area contributed by atoms with Gasteiger partial charge in [0.05, 0.1) is 6.04 Å². The number of carbonyl (C=O) groups excluding carboxylic acids is 1. The van der Waals surface area contributed by atoms with Crippen molar-refractivity contribution in [3.05, 3.63) is 29.3 Å². The van der Waals surface area contributed by atoms with E-state index in [1.54, 1.807) is 0 Å². The lowest BCUT2D eigenvalue weighted by Crippen LogP contribution is -2.36. The number of ether oxygens (including phenoxy) is 1. The van der Waals surface area contributed by atoms with Gasteiger partial charge >= 0.3 is 6.09 Å². The van der Waals surface area contributed by atoms with E-state index >= 15 is 0 Å². The summed E-state index contributed by atoms with van der Waals surface area (Å²) in [5.74, 6) is 0. The summed E-state index contributed by atoms with van der Waals surface area (Å²) in [4.78, 5) is 11.8. The highest BCUT2D eigenvalue weighted by atomic mass is 16.6. The van der Waals surface area contributed by atoms with Gasteiger partial charge in [0.2, 0.25) is 0 Å². The van der Waals surface area contributed by atoms with Gasteiger partial charge in [0, 0.05) is 5.69 Å². The van der Waals surface area contributed by atoms with E-state index < -0.39 is 5.60 Å².